The molecule has 0 saturated heterocycles. The summed E-state index contributed by atoms with van der Waals surface area (Å²) >= 11 is 0. The van der Waals surface area contributed by atoms with E-state index in [9.17, 15) is 4.79 Å². The van der Waals surface area contributed by atoms with Crippen LogP contribution in [0.5, 0.6) is 0 Å². The van der Waals surface area contributed by atoms with E-state index in [-0.39, 0.29) is 12.5 Å². The predicted molar refractivity (Wildman–Crippen MR) is 54.1 cm³/mol. The molecule has 0 rings (SSSR count). The smallest absolute Gasteiger partial charge is 0.234 e. The van der Waals surface area contributed by atoms with Gasteiger partial charge in [0.05, 0.1) is 13.1 Å². The topological polar surface area (TPSA) is 41.1 Å². The fourth-order valence-electron chi connectivity index (χ4n) is 0.680. The largest absolute Gasteiger partial charge is 0.352 e. The number of carbonyl (C=O) groups is 1. The van der Waals surface area contributed by atoms with Crippen molar-refractivity contribution >= 4 is 5.91 Å². The van der Waals surface area contributed by atoms with Crippen molar-refractivity contribution in [2.45, 2.75) is 13.8 Å². The lowest BCUT2D eigenvalue weighted by Crippen LogP contribution is -2.34. The van der Waals surface area contributed by atoms with E-state index in [1.807, 2.05) is 19.9 Å². The third-order valence-electron chi connectivity index (χ3n) is 1.32. The van der Waals surface area contributed by atoms with Crippen LogP contribution in [-0.2, 0) is 4.79 Å². The van der Waals surface area contributed by atoms with Crippen molar-refractivity contribution in [3.8, 4) is 12.3 Å². The molecule has 3 heteroatoms. The van der Waals surface area contributed by atoms with Crippen LogP contribution in [-0.4, -0.2) is 25.5 Å². The molecule has 13 heavy (non-hydrogen) atoms. The molecule has 0 aliphatic heterocycles. The van der Waals surface area contributed by atoms with Crippen LogP contribution in [0.2, 0.25) is 0 Å². The Labute approximate surface area is 79.6 Å². The summed E-state index contributed by atoms with van der Waals surface area (Å²) in [6, 6.07) is 0. The molecule has 0 heterocycles. The Morgan fingerprint density at radius 1 is 1.54 bits per heavy atom. The van der Waals surface area contributed by atoms with E-state index in [4.69, 9.17) is 6.42 Å². The van der Waals surface area contributed by atoms with Crippen LogP contribution in [0.25, 0.3) is 0 Å². The average molecular weight is 180 g/mol. The van der Waals surface area contributed by atoms with E-state index >= 15 is 0 Å². The summed E-state index contributed by atoms with van der Waals surface area (Å²) in [5.74, 6) is 2.36. The molecule has 0 aromatic carbocycles. The summed E-state index contributed by atoms with van der Waals surface area (Å²) < 4.78 is 0. The molecular weight excluding hydrogens is 164 g/mol. The second kappa shape index (κ2) is 7.38. The van der Waals surface area contributed by atoms with Gasteiger partial charge >= 0.3 is 0 Å². The van der Waals surface area contributed by atoms with Crippen molar-refractivity contribution in [3.05, 3.63) is 11.6 Å². The first-order valence-corrected chi connectivity index (χ1v) is 4.21. The van der Waals surface area contributed by atoms with E-state index in [0.29, 0.717) is 13.1 Å². The lowest BCUT2D eigenvalue weighted by Gasteiger charge is -2.02. The molecule has 72 valence electrons. The van der Waals surface area contributed by atoms with Crippen molar-refractivity contribution in [1.29, 1.82) is 0 Å². The van der Waals surface area contributed by atoms with Gasteiger partial charge in [-0.15, -0.1) is 6.42 Å². The molecule has 0 aromatic rings. The first kappa shape index (κ1) is 11.7. The molecule has 0 fully saturated rings. The van der Waals surface area contributed by atoms with Crippen LogP contribution in [0.3, 0.4) is 0 Å². The summed E-state index contributed by atoms with van der Waals surface area (Å²) in [5, 5.41) is 5.53. The van der Waals surface area contributed by atoms with E-state index in [1.165, 1.54) is 5.57 Å². The molecule has 0 radical (unpaired) electrons. The van der Waals surface area contributed by atoms with Crippen LogP contribution in [0.1, 0.15) is 13.8 Å². The molecule has 0 spiro atoms. The van der Waals surface area contributed by atoms with Gasteiger partial charge in [-0.3, -0.25) is 10.1 Å². The molecule has 0 unspecified atom stereocenters. The number of nitrogens with one attached hydrogen (secondary N) is 2. The van der Waals surface area contributed by atoms with E-state index in [0.717, 1.165) is 0 Å². The molecule has 0 atom stereocenters. The fourth-order valence-corrected chi connectivity index (χ4v) is 0.680. The van der Waals surface area contributed by atoms with Gasteiger partial charge in [0.15, 0.2) is 0 Å². The Bertz CT molecular complexity index is 222. The van der Waals surface area contributed by atoms with Gasteiger partial charge in [-0.25, -0.2) is 0 Å². The monoisotopic (exact) mass is 180 g/mol. The van der Waals surface area contributed by atoms with Crippen LogP contribution >= 0.6 is 0 Å². The maximum atomic E-state index is 11.0. The zero-order valence-electron chi connectivity index (χ0n) is 8.18. The number of hydrogen-bond donors (Lipinski definition) is 2. The second-order valence-electron chi connectivity index (χ2n) is 2.89. The highest BCUT2D eigenvalue weighted by Crippen LogP contribution is 1.84. The lowest BCUT2D eigenvalue weighted by molar-refractivity contribution is -0.119. The molecule has 2 N–H and O–H groups in total. The number of rotatable bonds is 5. The lowest BCUT2D eigenvalue weighted by atomic mass is 10.3. The molecule has 3 nitrogen and oxygen atoms in total. The van der Waals surface area contributed by atoms with Gasteiger partial charge in [0, 0.05) is 6.54 Å². The highest BCUT2D eigenvalue weighted by molar-refractivity contribution is 5.78. The number of terminal acetylenes is 1. The summed E-state index contributed by atoms with van der Waals surface area (Å²) in [5.41, 5.74) is 1.19. The molecule has 0 aromatic heterocycles. The molecule has 0 aliphatic rings. The highest BCUT2D eigenvalue weighted by atomic mass is 16.1. The van der Waals surface area contributed by atoms with Crippen LogP contribution in [0.15, 0.2) is 11.6 Å². The zero-order valence-corrected chi connectivity index (χ0v) is 8.18. The van der Waals surface area contributed by atoms with Crippen molar-refractivity contribution in [2.75, 3.05) is 19.6 Å². The maximum absolute atomic E-state index is 11.0. The van der Waals surface area contributed by atoms with E-state index < -0.39 is 0 Å². The number of allylic oxidation sites excluding steroid dienone is 1. The quantitative estimate of drug-likeness (QED) is 0.363. The van der Waals surface area contributed by atoms with Gasteiger partial charge in [0.1, 0.15) is 0 Å². The standard InChI is InChI=1S/C10H16N2O/c1-4-6-11-8-10(13)12-7-5-9(2)3/h1,5,11H,6-8H2,2-3H3,(H,12,13). The summed E-state index contributed by atoms with van der Waals surface area (Å²) in [4.78, 5) is 11.0. The Kier molecular flexibility index (Phi) is 6.66. The number of hydrogen-bond acceptors (Lipinski definition) is 2. The second-order valence-corrected chi connectivity index (χ2v) is 2.89. The van der Waals surface area contributed by atoms with Gasteiger partial charge in [-0.05, 0) is 13.8 Å². The van der Waals surface area contributed by atoms with Crippen molar-refractivity contribution in [1.82, 2.24) is 10.6 Å². The third kappa shape index (κ3) is 8.64. The number of carbonyl (C=O) groups excluding carboxylic acids is 1. The minimum atomic E-state index is -0.0345. The summed E-state index contributed by atoms with van der Waals surface area (Å²) in [6.45, 7) is 5.27. The van der Waals surface area contributed by atoms with Crippen molar-refractivity contribution in [2.24, 2.45) is 0 Å². The van der Waals surface area contributed by atoms with Gasteiger partial charge < -0.3 is 5.32 Å². The average Bonchev–Trinajstić information content (AvgIpc) is 2.04. The van der Waals surface area contributed by atoms with Gasteiger partial charge in [-0.2, -0.15) is 0 Å². The highest BCUT2D eigenvalue weighted by Gasteiger charge is 1.95. The molecule has 0 bridgehead atoms. The van der Waals surface area contributed by atoms with Gasteiger partial charge in [-0.1, -0.05) is 17.6 Å². The maximum Gasteiger partial charge on any atom is 0.234 e. The number of amides is 1. The molecular formula is C10H16N2O. The summed E-state index contributed by atoms with van der Waals surface area (Å²) in [6.07, 6.45) is 6.96. The van der Waals surface area contributed by atoms with Gasteiger partial charge in [0.25, 0.3) is 0 Å². The first-order valence-electron chi connectivity index (χ1n) is 4.21. The minimum Gasteiger partial charge on any atom is -0.352 e. The zero-order chi connectivity index (χ0) is 10.1. The molecule has 0 saturated carbocycles. The normalized spacial score (nSPS) is 8.69. The SMILES string of the molecule is C#CCNCC(=O)NCC=C(C)C. The van der Waals surface area contributed by atoms with Crippen molar-refractivity contribution < 1.29 is 4.79 Å². The fraction of sp³-hybridized carbons (Fsp3) is 0.500. The van der Waals surface area contributed by atoms with Crippen LogP contribution in [0.4, 0.5) is 0 Å². The predicted octanol–water partition coefficient (Wildman–Crippen LogP) is 0.292. The molecule has 0 aliphatic carbocycles. The van der Waals surface area contributed by atoms with Gasteiger partial charge in [0.2, 0.25) is 5.91 Å². The molecule has 1 amide bonds. The Hall–Kier alpha value is -1.27. The van der Waals surface area contributed by atoms with Crippen molar-refractivity contribution in [3.63, 3.8) is 0 Å². The Morgan fingerprint density at radius 3 is 2.77 bits per heavy atom. The third-order valence-corrected chi connectivity index (χ3v) is 1.32. The van der Waals surface area contributed by atoms with Crippen LogP contribution in [0, 0.1) is 12.3 Å². The van der Waals surface area contributed by atoms with E-state index in [2.05, 4.69) is 16.6 Å². The minimum absolute atomic E-state index is 0.0345. The first-order chi connectivity index (χ1) is 6.16. The Morgan fingerprint density at radius 2 is 2.23 bits per heavy atom. The van der Waals surface area contributed by atoms with Crippen LogP contribution < -0.4 is 10.6 Å². The Balaban J connectivity index is 3.42. The van der Waals surface area contributed by atoms with E-state index in [1.54, 1.807) is 0 Å². The summed E-state index contributed by atoms with van der Waals surface area (Å²) in [7, 11) is 0.